The van der Waals surface area contributed by atoms with Gasteiger partial charge in [-0.3, -0.25) is 20.4 Å². The third-order valence-electron chi connectivity index (χ3n) is 4.51. The topological polar surface area (TPSA) is 86.9 Å². The highest BCUT2D eigenvalue weighted by Crippen LogP contribution is 2.38. The molecule has 3 rings (SSSR count). The summed E-state index contributed by atoms with van der Waals surface area (Å²) in [6, 6.07) is 10.8. The molecule has 2 aromatic rings. The Balaban J connectivity index is 1.72. The van der Waals surface area contributed by atoms with Gasteiger partial charge in [-0.1, -0.05) is 23.7 Å². The van der Waals surface area contributed by atoms with Crippen molar-refractivity contribution in [1.82, 2.24) is 15.4 Å². The molecule has 1 heterocycles. The summed E-state index contributed by atoms with van der Waals surface area (Å²) in [7, 11) is 0. The maximum atomic E-state index is 12.3. The highest BCUT2D eigenvalue weighted by Gasteiger charge is 2.26. The molecule has 1 fully saturated rings. The molecule has 6 nitrogen and oxygen atoms in total. The number of hydrogen-bond acceptors (Lipinski definition) is 3. The molecule has 2 amide bonds. The molecule has 1 aromatic carbocycles. The van der Waals surface area contributed by atoms with E-state index in [1.54, 1.807) is 18.2 Å². The van der Waals surface area contributed by atoms with Crippen LogP contribution in [0.25, 0.3) is 6.08 Å². The van der Waals surface area contributed by atoms with Crippen molar-refractivity contribution in [2.45, 2.75) is 32.7 Å². The van der Waals surface area contributed by atoms with Crippen molar-refractivity contribution in [3.8, 4) is 6.07 Å². The first-order valence-electron chi connectivity index (χ1n) is 8.57. The van der Waals surface area contributed by atoms with Crippen LogP contribution in [0.2, 0.25) is 5.02 Å². The minimum Gasteiger partial charge on any atom is -0.346 e. The molecule has 0 unspecified atom stereocenters. The second-order valence-corrected chi connectivity index (χ2v) is 6.89. The van der Waals surface area contributed by atoms with E-state index in [1.165, 1.54) is 12.1 Å². The summed E-state index contributed by atoms with van der Waals surface area (Å²) in [5.41, 5.74) is 7.63. The minimum absolute atomic E-state index is 0.0921. The quantitative estimate of drug-likeness (QED) is 0.482. The van der Waals surface area contributed by atoms with Gasteiger partial charge in [0.15, 0.2) is 0 Å². The van der Waals surface area contributed by atoms with E-state index < -0.39 is 11.8 Å². The number of halogens is 1. The van der Waals surface area contributed by atoms with Crippen molar-refractivity contribution in [2.24, 2.45) is 0 Å². The molecular formula is C20H19ClN4O2. The van der Waals surface area contributed by atoms with E-state index in [0.717, 1.165) is 29.8 Å². The molecule has 0 radical (unpaired) electrons. The Morgan fingerprint density at radius 2 is 1.96 bits per heavy atom. The monoisotopic (exact) mass is 382 g/mol. The predicted octanol–water partition coefficient (Wildman–Crippen LogP) is 3.46. The number of hydrogen-bond donors (Lipinski definition) is 2. The number of carbonyl (C=O) groups is 2. The van der Waals surface area contributed by atoms with Crippen molar-refractivity contribution in [2.75, 3.05) is 0 Å². The molecule has 0 atom stereocenters. The average molecular weight is 383 g/mol. The van der Waals surface area contributed by atoms with Crippen molar-refractivity contribution in [1.29, 1.82) is 5.26 Å². The first-order valence-corrected chi connectivity index (χ1v) is 8.95. The van der Waals surface area contributed by atoms with E-state index in [-0.39, 0.29) is 16.2 Å². The number of amides is 2. The Morgan fingerprint density at radius 3 is 2.59 bits per heavy atom. The lowest BCUT2D eigenvalue weighted by Crippen LogP contribution is -2.42. The van der Waals surface area contributed by atoms with E-state index in [1.807, 2.05) is 26.0 Å². The zero-order valence-corrected chi connectivity index (χ0v) is 15.8. The molecule has 0 saturated heterocycles. The number of benzene rings is 1. The number of hydrazine groups is 1. The van der Waals surface area contributed by atoms with Crippen LogP contribution < -0.4 is 10.9 Å². The molecule has 0 aliphatic heterocycles. The maximum absolute atomic E-state index is 12.3. The number of aromatic nitrogens is 1. The Hall–Kier alpha value is -3.04. The predicted molar refractivity (Wildman–Crippen MR) is 103 cm³/mol. The summed E-state index contributed by atoms with van der Waals surface area (Å²) in [5, 5.41) is 9.62. The van der Waals surface area contributed by atoms with Gasteiger partial charge in [-0.15, -0.1) is 0 Å². The van der Waals surface area contributed by atoms with Crippen LogP contribution >= 0.6 is 11.6 Å². The molecule has 7 heteroatoms. The molecule has 1 saturated carbocycles. The fourth-order valence-corrected chi connectivity index (χ4v) is 3.26. The van der Waals surface area contributed by atoms with Crippen LogP contribution in [0.4, 0.5) is 0 Å². The number of nitriles is 1. The van der Waals surface area contributed by atoms with Gasteiger partial charge in [0.05, 0.1) is 10.6 Å². The average Bonchev–Trinajstić information content (AvgIpc) is 3.43. The van der Waals surface area contributed by atoms with Gasteiger partial charge in [0.25, 0.3) is 11.8 Å². The fourth-order valence-electron chi connectivity index (χ4n) is 3.04. The van der Waals surface area contributed by atoms with E-state index in [0.29, 0.717) is 6.04 Å². The van der Waals surface area contributed by atoms with Crippen molar-refractivity contribution in [3.05, 3.63) is 63.4 Å². The van der Waals surface area contributed by atoms with Crippen LogP contribution in [0.1, 0.15) is 46.2 Å². The van der Waals surface area contributed by atoms with Gasteiger partial charge >= 0.3 is 0 Å². The largest absolute Gasteiger partial charge is 0.346 e. The maximum Gasteiger partial charge on any atom is 0.280 e. The van der Waals surface area contributed by atoms with Gasteiger partial charge in [-0.05, 0) is 56.5 Å². The van der Waals surface area contributed by atoms with Gasteiger partial charge in [0.1, 0.15) is 11.6 Å². The van der Waals surface area contributed by atoms with Crippen LogP contribution in [-0.2, 0) is 4.79 Å². The number of aryl methyl sites for hydroxylation is 1. The molecule has 27 heavy (non-hydrogen) atoms. The summed E-state index contributed by atoms with van der Waals surface area (Å²) >= 11 is 5.96. The summed E-state index contributed by atoms with van der Waals surface area (Å²) in [4.78, 5) is 24.4. The molecule has 2 N–H and O–H groups in total. The first kappa shape index (κ1) is 18.7. The fraction of sp³-hybridized carbons (Fsp3) is 0.250. The Labute approximate surface area is 162 Å². The Bertz CT molecular complexity index is 980. The lowest BCUT2D eigenvalue weighted by molar-refractivity contribution is -0.117. The van der Waals surface area contributed by atoms with Crippen LogP contribution in [0.5, 0.6) is 0 Å². The van der Waals surface area contributed by atoms with Gasteiger partial charge in [0.2, 0.25) is 0 Å². The SMILES string of the molecule is Cc1cc(/C=C(\C#N)C(=O)NNC(=O)c2ccccc2Cl)c(C)n1C1CC1. The van der Waals surface area contributed by atoms with Crippen molar-refractivity contribution >= 4 is 29.5 Å². The van der Waals surface area contributed by atoms with Crippen LogP contribution in [-0.4, -0.2) is 16.4 Å². The summed E-state index contributed by atoms with van der Waals surface area (Å²) < 4.78 is 2.23. The lowest BCUT2D eigenvalue weighted by atomic mass is 10.1. The first-order chi connectivity index (χ1) is 12.9. The molecular weight excluding hydrogens is 364 g/mol. The summed E-state index contributed by atoms with van der Waals surface area (Å²) in [6.07, 6.45) is 3.84. The highest BCUT2D eigenvalue weighted by atomic mass is 35.5. The Morgan fingerprint density at radius 1 is 1.26 bits per heavy atom. The van der Waals surface area contributed by atoms with Crippen LogP contribution in [0.3, 0.4) is 0 Å². The van der Waals surface area contributed by atoms with Crippen LogP contribution in [0, 0.1) is 25.2 Å². The zero-order valence-electron chi connectivity index (χ0n) is 15.0. The molecule has 1 aliphatic carbocycles. The van der Waals surface area contributed by atoms with Gasteiger partial charge in [0, 0.05) is 17.4 Å². The highest BCUT2D eigenvalue weighted by molar-refractivity contribution is 6.33. The van der Waals surface area contributed by atoms with E-state index in [4.69, 9.17) is 11.6 Å². The van der Waals surface area contributed by atoms with Crippen molar-refractivity contribution < 1.29 is 9.59 Å². The van der Waals surface area contributed by atoms with E-state index in [2.05, 4.69) is 15.4 Å². The van der Waals surface area contributed by atoms with Gasteiger partial charge in [-0.25, -0.2) is 0 Å². The second-order valence-electron chi connectivity index (χ2n) is 6.49. The molecule has 0 bridgehead atoms. The minimum atomic E-state index is -0.686. The molecule has 1 aromatic heterocycles. The smallest absolute Gasteiger partial charge is 0.280 e. The lowest BCUT2D eigenvalue weighted by Gasteiger charge is -2.08. The Kier molecular flexibility index (Phi) is 5.33. The zero-order chi connectivity index (χ0) is 19.6. The van der Waals surface area contributed by atoms with Gasteiger partial charge in [-0.2, -0.15) is 5.26 Å². The molecule has 1 aliphatic rings. The third-order valence-corrected chi connectivity index (χ3v) is 4.84. The summed E-state index contributed by atoms with van der Waals surface area (Å²) in [6.45, 7) is 3.99. The number of nitrogens with one attached hydrogen (secondary N) is 2. The van der Waals surface area contributed by atoms with E-state index >= 15 is 0 Å². The molecule has 0 spiro atoms. The normalized spacial score (nSPS) is 13.8. The van der Waals surface area contributed by atoms with Gasteiger partial charge < -0.3 is 4.57 Å². The van der Waals surface area contributed by atoms with Crippen molar-refractivity contribution in [3.63, 3.8) is 0 Å². The summed E-state index contributed by atoms with van der Waals surface area (Å²) in [5.74, 6) is -1.24. The second kappa shape index (κ2) is 7.68. The van der Waals surface area contributed by atoms with E-state index in [9.17, 15) is 14.9 Å². The van der Waals surface area contributed by atoms with Crippen LogP contribution in [0.15, 0.2) is 35.9 Å². The molecule has 138 valence electrons. The number of nitrogens with zero attached hydrogens (tertiary/aromatic N) is 2. The standard InChI is InChI=1S/C20H19ClN4O2/c1-12-9-14(13(2)25(12)16-7-8-16)10-15(11-22)19(26)23-24-20(27)17-5-3-4-6-18(17)21/h3-6,9-10,16H,7-8H2,1-2H3,(H,23,26)(H,24,27)/b15-10+. The number of rotatable bonds is 4. The number of carbonyl (C=O) groups excluding carboxylic acids is 2. The third kappa shape index (κ3) is 4.04.